The van der Waals surface area contributed by atoms with Crippen LogP contribution in [0.3, 0.4) is 0 Å². The van der Waals surface area contributed by atoms with Crippen LogP contribution in [-0.4, -0.2) is 17.4 Å². The van der Waals surface area contributed by atoms with Gasteiger partial charge in [0.1, 0.15) is 5.69 Å². The second-order valence-electron chi connectivity index (χ2n) is 5.91. The van der Waals surface area contributed by atoms with Crippen molar-refractivity contribution in [3.05, 3.63) is 89.7 Å². The van der Waals surface area contributed by atoms with Gasteiger partial charge in [-0.2, -0.15) is 0 Å². The number of carbonyl (C=O) groups excluding carboxylic acids is 1. The third kappa shape index (κ3) is 4.91. The van der Waals surface area contributed by atoms with Crippen LogP contribution in [0, 0.1) is 6.92 Å². The molecule has 1 heterocycles. The average Bonchev–Trinajstić information content (AvgIpc) is 2.65. The molecule has 4 nitrogen and oxygen atoms in total. The Hall–Kier alpha value is -3.14. The molecule has 0 atom stereocenters. The van der Waals surface area contributed by atoms with Crippen LogP contribution < -0.4 is 10.6 Å². The molecule has 4 heteroatoms. The van der Waals surface area contributed by atoms with Gasteiger partial charge >= 0.3 is 0 Å². The Morgan fingerprint density at radius 2 is 1.72 bits per heavy atom. The molecule has 0 aliphatic rings. The van der Waals surface area contributed by atoms with Crippen LogP contribution in [0.5, 0.6) is 0 Å². The molecule has 0 fully saturated rings. The summed E-state index contributed by atoms with van der Waals surface area (Å²) in [4.78, 5) is 16.5. The van der Waals surface area contributed by atoms with Gasteiger partial charge in [-0.3, -0.25) is 9.78 Å². The van der Waals surface area contributed by atoms with Crippen molar-refractivity contribution >= 4 is 17.3 Å². The summed E-state index contributed by atoms with van der Waals surface area (Å²) in [7, 11) is 0. The number of hydrogen-bond donors (Lipinski definition) is 2. The van der Waals surface area contributed by atoms with E-state index in [1.807, 2.05) is 55.5 Å². The molecule has 3 aromatic rings. The monoisotopic (exact) mass is 331 g/mol. The minimum absolute atomic E-state index is 0.163. The minimum atomic E-state index is -0.163. The summed E-state index contributed by atoms with van der Waals surface area (Å²) in [6.07, 6.45) is 2.44. The van der Waals surface area contributed by atoms with Crippen molar-refractivity contribution in [1.29, 1.82) is 0 Å². The number of carbonyl (C=O) groups is 1. The largest absolute Gasteiger partial charge is 0.355 e. The maximum Gasteiger partial charge on any atom is 0.269 e. The fourth-order valence-electron chi connectivity index (χ4n) is 2.49. The minimum Gasteiger partial charge on any atom is -0.355 e. The van der Waals surface area contributed by atoms with Crippen molar-refractivity contribution in [3.63, 3.8) is 0 Å². The molecular formula is C21H21N3O. The Bertz CT molecular complexity index is 829. The van der Waals surface area contributed by atoms with E-state index in [-0.39, 0.29) is 5.91 Å². The predicted octanol–water partition coefficient (Wildman–Crippen LogP) is 4.11. The van der Waals surface area contributed by atoms with Gasteiger partial charge in [-0.05, 0) is 43.2 Å². The van der Waals surface area contributed by atoms with Crippen molar-refractivity contribution in [1.82, 2.24) is 10.3 Å². The lowest BCUT2D eigenvalue weighted by Gasteiger charge is -2.09. The lowest BCUT2D eigenvalue weighted by atomic mass is 10.1. The fraction of sp³-hybridized carbons (Fsp3) is 0.143. The molecular weight excluding hydrogens is 310 g/mol. The van der Waals surface area contributed by atoms with Crippen molar-refractivity contribution < 1.29 is 4.79 Å². The van der Waals surface area contributed by atoms with E-state index in [9.17, 15) is 4.79 Å². The summed E-state index contributed by atoms with van der Waals surface area (Å²) < 4.78 is 0. The van der Waals surface area contributed by atoms with Crippen molar-refractivity contribution in [2.24, 2.45) is 0 Å². The zero-order valence-electron chi connectivity index (χ0n) is 14.2. The van der Waals surface area contributed by atoms with E-state index in [0.29, 0.717) is 12.2 Å². The van der Waals surface area contributed by atoms with Crippen LogP contribution in [-0.2, 0) is 6.42 Å². The van der Waals surface area contributed by atoms with Gasteiger partial charge in [0.15, 0.2) is 0 Å². The number of nitrogens with zero attached hydrogens (tertiary/aromatic N) is 1. The second kappa shape index (κ2) is 8.11. The molecule has 25 heavy (non-hydrogen) atoms. The van der Waals surface area contributed by atoms with Gasteiger partial charge in [0.2, 0.25) is 0 Å². The predicted molar refractivity (Wildman–Crippen MR) is 101 cm³/mol. The van der Waals surface area contributed by atoms with E-state index in [1.54, 1.807) is 12.3 Å². The Morgan fingerprint density at radius 3 is 2.48 bits per heavy atom. The van der Waals surface area contributed by atoms with Gasteiger partial charge in [-0.25, -0.2) is 0 Å². The van der Waals surface area contributed by atoms with E-state index in [1.165, 1.54) is 11.1 Å². The highest BCUT2D eigenvalue weighted by molar-refractivity contribution is 5.93. The molecule has 0 bridgehead atoms. The van der Waals surface area contributed by atoms with Crippen molar-refractivity contribution in [2.45, 2.75) is 13.3 Å². The third-order valence-electron chi connectivity index (χ3n) is 3.87. The van der Waals surface area contributed by atoms with E-state index in [2.05, 4.69) is 27.8 Å². The molecule has 3 rings (SSSR count). The Balaban J connectivity index is 1.58. The molecule has 0 aliphatic carbocycles. The lowest BCUT2D eigenvalue weighted by Crippen LogP contribution is -2.26. The van der Waals surface area contributed by atoms with Gasteiger partial charge in [0.25, 0.3) is 5.91 Å². The smallest absolute Gasteiger partial charge is 0.269 e. The third-order valence-corrected chi connectivity index (χ3v) is 3.87. The van der Waals surface area contributed by atoms with Crippen LogP contribution in [0.15, 0.2) is 72.9 Å². The van der Waals surface area contributed by atoms with Gasteiger partial charge < -0.3 is 10.6 Å². The number of benzene rings is 2. The zero-order chi connectivity index (χ0) is 17.5. The zero-order valence-corrected chi connectivity index (χ0v) is 14.2. The summed E-state index contributed by atoms with van der Waals surface area (Å²) in [6.45, 7) is 2.63. The first-order valence-electron chi connectivity index (χ1n) is 8.32. The van der Waals surface area contributed by atoms with E-state index < -0.39 is 0 Å². The summed E-state index contributed by atoms with van der Waals surface area (Å²) in [5.41, 5.74) is 4.63. The second-order valence-corrected chi connectivity index (χ2v) is 5.91. The molecule has 0 unspecified atom stereocenters. The molecule has 126 valence electrons. The molecule has 1 aromatic heterocycles. The first-order chi connectivity index (χ1) is 12.2. The Kier molecular flexibility index (Phi) is 5.42. The number of aromatic nitrogens is 1. The summed E-state index contributed by atoms with van der Waals surface area (Å²) in [5, 5.41) is 6.21. The van der Waals surface area contributed by atoms with Gasteiger partial charge in [-0.1, -0.05) is 48.0 Å². The summed E-state index contributed by atoms with van der Waals surface area (Å²) >= 11 is 0. The molecule has 0 radical (unpaired) electrons. The number of hydrogen-bond acceptors (Lipinski definition) is 3. The standard InChI is InChI=1S/C21H21N3O/c1-16-7-9-18(10-8-16)24-19-12-14-22-20(15-19)21(25)23-13-11-17-5-3-2-4-6-17/h2-10,12,14-15H,11,13H2,1H3,(H,22,24)(H,23,25). The maximum absolute atomic E-state index is 12.3. The SMILES string of the molecule is Cc1ccc(Nc2ccnc(C(=O)NCCc3ccccc3)c2)cc1. The summed E-state index contributed by atoms with van der Waals surface area (Å²) in [5.74, 6) is -0.163. The normalized spacial score (nSPS) is 10.3. The molecule has 0 spiro atoms. The number of anilines is 2. The van der Waals surface area contributed by atoms with E-state index in [4.69, 9.17) is 0 Å². The molecule has 2 aromatic carbocycles. The van der Waals surface area contributed by atoms with Crippen molar-refractivity contribution in [3.8, 4) is 0 Å². The van der Waals surface area contributed by atoms with Gasteiger partial charge in [-0.15, -0.1) is 0 Å². The highest BCUT2D eigenvalue weighted by atomic mass is 16.1. The lowest BCUT2D eigenvalue weighted by molar-refractivity contribution is 0.0949. The molecule has 2 N–H and O–H groups in total. The van der Waals surface area contributed by atoms with E-state index in [0.717, 1.165) is 17.8 Å². The number of aryl methyl sites for hydroxylation is 1. The first-order valence-corrected chi connectivity index (χ1v) is 8.32. The average molecular weight is 331 g/mol. The highest BCUT2D eigenvalue weighted by Gasteiger charge is 2.07. The number of amides is 1. The van der Waals surface area contributed by atoms with Crippen LogP contribution in [0.1, 0.15) is 21.6 Å². The number of rotatable bonds is 6. The van der Waals surface area contributed by atoms with Gasteiger partial charge in [0, 0.05) is 24.1 Å². The first kappa shape index (κ1) is 16.7. The molecule has 1 amide bonds. The summed E-state index contributed by atoms with van der Waals surface area (Å²) in [6, 6.07) is 21.8. The number of nitrogens with one attached hydrogen (secondary N) is 2. The molecule has 0 aliphatic heterocycles. The molecule has 0 saturated heterocycles. The fourth-order valence-corrected chi connectivity index (χ4v) is 2.49. The van der Waals surface area contributed by atoms with Gasteiger partial charge in [0.05, 0.1) is 0 Å². The van der Waals surface area contributed by atoms with Crippen LogP contribution in [0.2, 0.25) is 0 Å². The van der Waals surface area contributed by atoms with Crippen molar-refractivity contribution in [2.75, 3.05) is 11.9 Å². The Morgan fingerprint density at radius 1 is 0.960 bits per heavy atom. The topological polar surface area (TPSA) is 54.0 Å². The van der Waals surface area contributed by atoms with Crippen LogP contribution in [0.25, 0.3) is 0 Å². The Labute approximate surface area is 147 Å². The van der Waals surface area contributed by atoms with Crippen LogP contribution >= 0.6 is 0 Å². The number of pyridine rings is 1. The molecule has 0 saturated carbocycles. The highest BCUT2D eigenvalue weighted by Crippen LogP contribution is 2.17. The quantitative estimate of drug-likeness (QED) is 0.715. The van der Waals surface area contributed by atoms with Crippen LogP contribution in [0.4, 0.5) is 11.4 Å². The van der Waals surface area contributed by atoms with E-state index >= 15 is 0 Å². The maximum atomic E-state index is 12.3.